The van der Waals surface area contributed by atoms with Gasteiger partial charge in [0, 0.05) is 0 Å². The molecule has 2 atom stereocenters. The van der Waals surface area contributed by atoms with Gasteiger partial charge in [-0.05, 0) is 39.5 Å². The van der Waals surface area contributed by atoms with Gasteiger partial charge in [-0.1, -0.05) is 38.5 Å². The number of rotatable bonds is 0. The van der Waals surface area contributed by atoms with Crippen molar-refractivity contribution in [3.8, 4) is 0 Å². The predicted octanol–water partition coefficient (Wildman–Crippen LogP) is 3.90. The molecule has 0 aromatic carbocycles. The maximum atomic E-state index is 6.63. The number of ether oxygens (including phenoxy) is 3. The zero-order chi connectivity index (χ0) is 13.2. The first kappa shape index (κ1) is 12.6. The molecule has 4 aliphatic rings. The highest BCUT2D eigenvalue weighted by atomic mass is 16.9. The SMILES string of the molecule is C[C@@]12OC3(CCCCC3)[C@](C)(OC13CCCCC3)O2. The first-order valence-electron chi connectivity index (χ1n) is 8.14. The summed E-state index contributed by atoms with van der Waals surface area (Å²) < 4.78 is 19.6. The van der Waals surface area contributed by atoms with E-state index in [4.69, 9.17) is 14.2 Å². The van der Waals surface area contributed by atoms with Crippen molar-refractivity contribution in [3.63, 3.8) is 0 Å². The third kappa shape index (κ3) is 1.44. The number of hydrogen-bond acceptors (Lipinski definition) is 3. The Morgan fingerprint density at radius 1 is 0.526 bits per heavy atom. The first-order valence-corrected chi connectivity index (χ1v) is 8.14. The third-order valence-electron chi connectivity index (χ3n) is 6.15. The molecule has 2 saturated heterocycles. The maximum Gasteiger partial charge on any atom is 0.198 e. The average Bonchev–Trinajstić information content (AvgIpc) is 2.72. The van der Waals surface area contributed by atoms with Gasteiger partial charge in [-0.2, -0.15) is 0 Å². The van der Waals surface area contributed by atoms with E-state index in [9.17, 15) is 0 Å². The normalized spacial score (nSPS) is 47.1. The van der Waals surface area contributed by atoms with Crippen molar-refractivity contribution in [1.82, 2.24) is 0 Å². The Bertz CT molecular complexity index is 345. The van der Waals surface area contributed by atoms with Crippen LogP contribution in [0.25, 0.3) is 0 Å². The van der Waals surface area contributed by atoms with Gasteiger partial charge in [-0.25, -0.2) is 0 Å². The Kier molecular flexibility index (Phi) is 2.49. The zero-order valence-corrected chi connectivity index (χ0v) is 12.3. The molecular formula is C16H26O3. The van der Waals surface area contributed by atoms with E-state index in [-0.39, 0.29) is 11.2 Å². The molecule has 0 N–H and O–H groups in total. The minimum atomic E-state index is -0.514. The summed E-state index contributed by atoms with van der Waals surface area (Å²) >= 11 is 0. The van der Waals surface area contributed by atoms with E-state index < -0.39 is 11.6 Å². The summed E-state index contributed by atoms with van der Waals surface area (Å²) in [5.74, 6) is -1.03. The van der Waals surface area contributed by atoms with Crippen LogP contribution in [0.4, 0.5) is 0 Å². The molecule has 4 rings (SSSR count). The fourth-order valence-corrected chi connectivity index (χ4v) is 5.07. The Morgan fingerprint density at radius 2 is 0.895 bits per heavy atom. The van der Waals surface area contributed by atoms with E-state index in [1.807, 2.05) is 0 Å². The summed E-state index contributed by atoms with van der Waals surface area (Å²) in [7, 11) is 0. The van der Waals surface area contributed by atoms with Gasteiger partial charge >= 0.3 is 0 Å². The van der Waals surface area contributed by atoms with Crippen molar-refractivity contribution in [3.05, 3.63) is 0 Å². The molecule has 0 radical (unpaired) electrons. The van der Waals surface area contributed by atoms with Gasteiger partial charge in [0.25, 0.3) is 0 Å². The molecule has 2 aliphatic heterocycles. The molecule has 4 fully saturated rings. The van der Waals surface area contributed by atoms with Crippen LogP contribution in [0, 0.1) is 0 Å². The molecular weight excluding hydrogens is 240 g/mol. The van der Waals surface area contributed by atoms with Crippen LogP contribution in [0.2, 0.25) is 0 Å². The quantitative estimate of drug-likeness (QED) is 0.665. The van der Waals surface area contributed by atoms with Gasteiger partial charge in [-0.3, -0.25) is 0 Å². The largest absolute Gasteiger partial charge is 0.335 e. The van der Waals surface area contributed by atoms with Crippen molar-refractivity contribution < 1.29 is 14.2 Å². The molecule has 3 nitrogen and oxygen atoms in total. The second-order valence-electron chi connectivity index (χ2n) is 7.31. The van der Waals surface area contributed by atoms with Crippen LogP contribution in [-0.4, -0.2) is 22.8 Å². The molecule has 2 spiro atoms. The van der Waals surface area contributed by atoms with E-state index in [1.54, 1.807) is 0 Å². The molecule has 19 heavy (non-hydrogen) atoms. The van der Waals surface area contributed by atoms with E-state index in [2.05, 4.69) is 13.8 Å². The van der Waals surface area contributed by atoms with Gasteiger partial charge in [0.2, 0.25) is 0 Å². The second-order valence-corrected chi connectivity index (χ2v) is 7.31. The molecule has 108 valence electrons. The van der Waals surface area contributed by atoms with Gasteiger partial charge in [-0.15, -0.1) is 0 Å². The van der Waals surface area contributed by atoms with Crippen molar-refractivity contribution in [2.24, 2.45) is 0 Å². The topological polar surface area (TPSA) is 27.7 Å². The molecule has 2 saturated carbocycles. The highest BCUT2D eigenvalue weighted by molar-refractivity contribution is 5.15. The van der Waals surface area contributed by atoms with Crippen LogP contribution in [0.15, 0.2) is 0 Å². The fraction of sp³-hybridized carbons (Fsp3) is 1.00. The third-order valence-corrected chi connectivity index (χ3v) is 6.15. The van der Waals surface area contributed by atoms with Gasteiger partial charge < -0.3 is 14.2 Å². The molecule has 0 amide bonds. The first-order chi connectivity index (χ1) is 9.04. The lowest BCUT2D eigenvalue weighted by atomic mass is 9.75. The smallest absolute Gasteiger partial charge is 0.198 e. The van der Waals surface area contributed by atoms with Crippen LogP contribution in [-0.2, 0) is 14.2 Å². The van der Waals surface area contributed by atoms with Crippen LogP contribution < -0.4 is 0 Å². The van der Waals surface area contributed by atoms with Gasteiger partial charge in [0.15, 0.2) is 11.6 Å². The number of fused-ring (bicyclic) bond motifs is 4. The molecule has 0 aromatic rings. The summed E-state index contributed by atoms with van der Waals surface area (Å²) in [4.78, 5) is 0. The lowest BCUT2D eigenvalue weighted by molar-refractivity contribution is -0.316. The van der Waals surface area contributed by atoms with E-state index in [1.165, 1.54) is 38.5 Å². The van der Waals surface area contributed by atoms with Crippen molar-refractivity contribution >= 4 is 0 Å². The van der Waals surface area contributed by atoms with Gasteiger partial charge in [0.1, 0.15) is 11.2 Å². The molecule has 2 aliphatic carbocycles. The van der Waals surface area contributed by atoms with Crippen LogP contribution in [0.5, 0.6) is 0 Å². The van der Waals surface area contributed by atoms with E-state index in [0.29, 0.717) is 0 Å². The van der Waals surface area contributed by atoms with Crippen molar-refractivity contribution in [2.45, 2.75) is 101 Å². The minimum absolute atomic E-state index is 0.178. The lowest BCUT2D eigenvalue weighted by Gasteiger charge is -2.52. The number of hydrogen-bond donors (Lipinski definition) is 0. The fourth-order valence-electron chi connectivity index (χ4n) is 5.07. The van der Waals surface area contributed by atoms with Crippen LogP contribution >= 0.6 is 0 Å². The van der Waals surface area contributed by atoms with Gasteiger partial charge in [0.05, 0.1) is 0 Å². The van der Waals surface area contributed by atoms with Crippen molar-refractivity contribution in [1.29, 1.82) is 0 Å². The monoisotopic (exact) mass is 266 g/mol. The van der Waals surface area contributed by atoms with Crippen LogP contribution in [0.1, 0.15) is 78.1 Å². The molecule has 3 heteroatoms. The standard InChI is InChI=1S/C16H26O3/c1-13-15(9-5-3-6-10-15)19-14(2,17-13)16(18-13)11-7-4-8-12-16/h3-12H2,1-2H3/t13-,14+. The Balaban J connectivity index is 1.69. The Hall–Kier alpha value is -0.120. The highest BCUT2D eigenvalue weighted by Crippen LogP contribution is 2.65. The summed E-state index contributed by atoms with van der Waals surface area (Å²) in [6, 6.07) is 0. The summed E-state index contributed by atoms with van der Waals surface area (Å²) in [5, 5.41) is 0. The molecule has 0 unspecified atom stereocenters. The maximum absolute atomic E-state index is 6.63. The predicted molar refractivity (Wildman–Crippen MR) is 71.7 cm³/mol. The Labute approximate surface area is 116 Å². The zero-order valence-electron chi connectivity index (χ0n) is 12.3. The average molecular weight is 266 g/mol. The van der Waals surface area contributed by atoms with E-state index in [0.717, 1.165) is 25.7 Å². The molecule has 2 bridgehead atoms. The van der Waals surface area contributed by atoms with Crippen molar-refractivity contribution in [2.75, 3.05) is 0 Å². The summed E-state index contributed by atoms with van der Waals surface area (Å²) in [6.45, 7) is 4.26. The van der Waals surface area contributed by atoms with Crippen LogP contribution in [0.3, 0.4) is 0 Å². The Morgan fingerprint density at radius 3 is 1.21 bits per heavy atom. The van der Waals surface area contributed by atoms with E-state index >= 15 is 0 Å². The second kappa shape index (κ2) is 3.75. The highest BCUT2D eigenvalue weighted by Gasteiger charge is 2.77. The lowest BCUT2D eigenvalue weighted by Crippen LogP contribution is -2.63. The summed E-state index contributed by atoms with van der Waals surface area (Å²) in [5.41, 5.74) is -0.356. The minimum Gasteiger partial charge on any atom is -0.335 e. The summed E-state index contributed by atoms with van der Waals surface area (Å²) in [6.07, 6.45) is 12.0. The molecule has 0 aromatic heterocycles. The molecule has 2 heterocycles.